The molecule has 1 aromatic carbocycles. The van der Waals surface area contributed by atoms with Crippen LogP contribution in [0.2, 0.25) is 0 Å². The number of hydrogen-bond acceptors (Lipinski definition) is 6. The number of amides is 1. The summed E-state index contributed by atoms with van der Waals surface area (Å²) in [5.41, 5.74) is 1.66. The number of furan rings is 1. The van der Waals surface area contributed by atoms with E-state index in [-0.39, 0.29) is 35.4 Å². The summed E-state index contributed by atoms with van der Waals surface area (Å²) in [6.07, 6.45) is 3.75. The summed E-state index contributed by atoms with van der Waals surface area (Å²) in [5, 5.41) is 26.2. The smallest absolute Gasteiger partial charge is 0.335 e. The third-order valence-corrected chi connectivity index (χ3v) is 6.11. The molecule has 170 valence electrons. The Bertz CT molecular complexity index is 1220. The van der Waals surface area contributed by atoms with Crippen LogP contribution in [0.1, 0.15) is 42.6 Å². The van der Waals surface area contributed by atoms with E-state index in [0.717, 1.165) is 0 Å². The summed E-state index contributed by atoms with van der Waals surface area (Å²) in [6, 6.07) is 9.32. The Hall–Kier alpha value is -4.01. The Morgan fingerprint density at radius 1 is 1.15 bits per heavy atom. The van der Waals surface area contributed by atoms with Gasteiger partial charge in [0, 0.05) is 12.1 Å². The maximum Gasteiger partial charge on any atom is 0.335 e. The second-order valence-corrected chi connectivity index (χ2v) is 8.37. The van der Waals surface area contributed by atoms with Crippen molar-refractivity contribution in [2.75, 3.05) is 5.01 Å². The van der Waals surface area contributed by atoms with Crippen LogP contribution < -0.4 is 5.01 Å². The number of allylic oxidation sites excluding steroid dienone is 3. The first-order chi connectivity index (χ1) is 15.7. The fraction of sp³-hybridized carbons (Fsp3) is 0.292. The van der Waals surface area contributed by atoms with Crippen LogP contribution in [-0.2, 0) is 11.2 Å². The zero-order valence-electron chi connectivity index (χ0n) is 18.4. The standard InChI is InChI=1S/C24H23N3O6/c1-13-10-20(21(27(31)32)11-14(13)2)22-9-8-18(33-22)12-19-15(3)25-26(23(19)28)17-6-4-16(5-7-17)24(29)30/h4-11,13-14,19H,12H2,1-3H3,(H,29,30). The molecule has 0 bridgehead atoms. The minimum absolute atomic E-state index is 0.0205. The maximum absolute atomic E-state index is 13.0. The zero-order chi connectivity index (χ0) is 23.9. The van der Waals surface area contributed by atoms with Gasteiger partial charge in [-0.25, -0.2) is 9.80 Å². The molecule has 0 fully saturated rings. The maximum atomic E-state index is 13.0. The number of rotatable bonds is 6. The first-order valence-electron chi connectivity index (χ1n) is 10.6. The third-order valence-electron chi connectivity index (χ3n) is 6.11. The second-order valence-electron chi connectivity index (χ2n) is 8.37. The molecule has 9 nitrogen and oxygen atoms in total. The quantitative estimate of drug-likeness (QED) is 0.515. The lowest BCUT2D eigenvalue weighted by Gasteiger charge is -2.18. The number of hydrazone groups is 1. The van der Waals surface area contributed by atoms with E-state index in [2.05, 4.69) is 5.10 Å². The predicted octanol–water partition coefficient (Wildman–Crippen LogP) is 4.39. The second kappa shape index (κ2) is 8.50. The van der Waals surface area contributed by atoms with Gasteiger partial charge in [0.05, 0.1) is 27.7 Å². The number of nitro groups is 1. The van der Waals surface area contributed by atoms with Gasteiger partial charge in [0.1, 0.15) is 11.5 Å². The third kappa shape index (κ3) is 4.21. The highest BCUT2D eigenvalue weighted by molar-refractivity contribution is 6.15. The van der Waals surface area contributed by atoms with Gasteiger partial charge in [0.2, 0.25) is 0 Å². The summed E-state index contributed by atoms with van der Waals surface area (Å²) >= 11 is 0. The molecule has 9 heteroatoms. The normalized spacial score (nSPS) is 22.6. The monoisotopic (exact) mass is 449 g/mol. The fourth-order valence-corrected chi connectivity index (χ4v) is 3.96. The SMILES string of the molecule is CC1=NN(c2ccc(C(=O)O)cc2)C(=O)C1Cc1ccc(C2=CC(C)C(C)C=C2[N+](=O)[O-])o1. The summed E-state index contributed by atoms with van der Waals surface area (Å²) < 4.78 is 5.92. The molecule has 1 N–H and O–H groups in total. The lowest BCUT2D eigenvalue weighted by molar-refractivity contribution is -0.417. The van der Waals surface area contributed by atoms with E-state index in [1.54, 1.807) is 25.1 Å². The number of nitrogens with zero attached hydrogens (tertiary/aromatic N) is 3. The van der Waals surface area contributed by atoms with E-state index in [1.807, 2.05) is 19.9 Å². The molecule has 4 rings (SSSR count). The number of anilines is 1. The molecule has 3 unspecified atom stereocenters. The molecular formula is C24H23N3O6. The molecule has 1 aliphatic carbocycles. The van der Waals surface area contributed by atoms with Gasteiger partial charge in [0.25, 0.3) is 11.6 Å². The number of carboxylic acid groups (broad SMARTS) is 1. The van der Waals surface area contributed by atoms with E-state index in [0.29, 0.717) is 28.5 Å². The lowest BCUT2D eigenvalue weighted by atomic mass is 9.86. The lowest BCUT2D eigenvalue weighted by Crippen LogP contribution is -2.28. The van der Waals surface area contributed by atoms with Gasteiger partial charge in [0.15, 0.2) is 0 Å². The van der Waals surface area contributed by atoms with E-state index < -0.39 is 16.8 Å². The molecule has 1 amide bonds. The Morgan fingerprint density at radius 2 is 1.82 bits per heavy atom. The van der Waals surface area contributed by atoms with E-state index >= 15 is 0 Å². The van der Waals surface area contributed by atoms with Crippen molar-refractivity contribution in [3.63, 3.8) is 0 Å². The van der Waals surface area contributed by atoms with Crippen molar-refractivity contribution in [1.82, 2.24) is 0 Å². The average Bonchev–Trinajstić information content (AvgIpc) is 3.35. The van der Waals surface area contributed by atoms with Crippen molar-refractivity contribution in [2.45, 2.75) is 27.2 Å². The molecular weight excluding hydrogens is 426 g/mol. The van der Waals surface area contributed by atoms with Crippen LogP contribution in [0, 0.1) is 27.9 Å². The molecule has 3 atom stereocenters. The number of carbonyl (C=O) groups is 2. The molecule has 0 spiro atoms. The zero-order valence-corrected chi connectivity index (χ0v) is 18.4. The predicted molar refractivity (Wildman–Crippen MR) is 121 cm³/mol. The number of hydrogen-bond donors (Lipinski definition) is 1. The van der Waals surface area contributed by atoms with Gasteiger partial charge in [-0.1, -0.05) is 19.9 Å². The van der Waals surface area contributed by atoms with E-state index in [4.69, 9.17) is 9.52 Å². The first kappa shape index (κ1) is 22.2. The van der Waals surface area contributed by atoms with E-state index in [9.17, 15) is 19.7 Å². The van der Waals surface area contributed by atoms with Crippen molar-refractivity contribution in [3.05, 3.63) is 81.4 Å². The van der Waals surface area contributed by atoms with Crippen molar-refractivity contribution in [2.24, 2.45) is 22.9 Å². The highest BCUT2D eigenvalue weighted by atomic mass is 16.6. The molecule has 0 saturated heterocycles. The van der Waals surface area contributed by atoms with Gasteiger partial charge in [-0.15, -0.1) is 0 Å². The number of aromatic carboxylic acids is 1. The molecule has 2 heterocycles. The Morgan fingerprint density at radius 3 is 2.45 bits per heavy atom. The van der Waals surface area contributed by atoms with Gasteiger partial charge in [-0.3, -0.25) is 14.9 Å². The fourth-order valence-electron chi connectivity index (χ4n) is 3.96. The van der Waals surface area contributed by atoms with Crippen molar-refractivity contribution >= 4 is 28.8 Å². The Balaban J connectivity index is 1.53. The number of carboxylic acids is 1. The molecule has 33 heavy (non-hydrogen) atoms. The van der Waals surface area contributed by atoms with Crippen molar-refractivity contribution in [1.29, 1.82) is 0 Å². The first-order valence-corrected chi connectivity index (χ1v) is 10.6. The van der Waals surface area contributed by atoms with Gasteiger partial charge < -0.3 is 9.52 Å². The Kier molecular flexibility index (Phi) is 5.71. The van der Waals surface area contributed by atoms with Crippen LogP contribution in [0.3, 0.4) is 0 Å². The highest BCUT2D eigenvalue weighted by Crippen LogP contribution is 2.35. The summed E-state index contributed by atoms with van der Waals surface area (Å²) in [7, 11) is 0. The van der Waals surface area contributed by atoms with Crippen LogP contribution in [0.5, 0.6) is 0 Å². The Labute approximate surface area is 189 Å². The van der Waals surface area contributed by atoms with Crippen molar-refractivity contribution in [3.8, 4) is 0 Å². The molecule has 2 aromatic rings. The minimum atomic E-state index is -1.05. The molecule has 2 aliphatic rings. The van der Waals surface area contributed by atoms with Crippen LogP contribution in [0.25, 0.3) is 5.57 Å². The minimum Gasteiger partial charge on any atom is -0.478 e. The van der Waals surface area contributed by atoms with Crippen LogP contribution in [-0.4, -0.2) is 27.6 Å². The number of benzene rings is 1. The van der Waals surface area contributed by atoms with Gasteiger partial charge >= 0.3 is 5.97 Å². The summed E-state index contributed by atoms with van der Waals surface area (Å²) in [5.74, 6) is -0.749. The average molecular weight is 449 g/mol. The summed E-state index contributed by atoms with van der Waals surface area (Å²) in [6.45, 7) is 5.68. The van der Waals surface area contributed by atoms with E-state index in [1.165, 1.54) is 29.3 Å². The van der Waals surface area contributed by atoms with Crippen LogP contribution in [0.15, 0.2) is 63.8 Å². The van der Waals surface area contributed by atoms with Gasteiger partial charge in [-0.2, -0.15) is 5.10 Å². The van der Waals surface area contributed by atoms with Crippen LogP contribution >= 0.6 is 0 Å². The summed E-state index contributed by atoms with van der Waals surface area (Å²) in [4.78, 5) is 35.2. The molecule has 1 aromatic heterocycles. The molecule has 0 saturated carbocycles. The van der Waals surface area contributed by atoms with Gasteiger partial charge in [-0.05, 0) is 61.2 Å². The highest BCUT2D eigenvalue weighted by Gasteiger charge is 2.36. The topological polar surface area (TPSA) is 126 Å². The molecule has 0 radical (unpaired) electrons. The van der Waals surface area contributed by atoms with Crippen LogP contribution in [0.4, 0.5) is 5.69 Å². The molecule has 1 aliphatic heterocycles. The number of carbonyl (C=O) groups excluding carboxylic acids is 1. The van der Waals surface area contributed by atoms with Crippen molar-refractivity contribution < 1.29 is 24.0 Å². The largest absolute Gasteiger partial charge is 0.478 e.